The van der Waals surface area contributed by atoms with Crippen molar-refractivity contribution in [2.75, 3.05) is 6.54 Å². The fourth-order valence-corrected chi connectivity index (χ4v) is 1.65. The highest BCUT2D eigenvalue weighted by atomic mass is 35.5. The molecule has 19 heavy (non-hydrogen) atoms. The number of rotatable bonds is 5. The minimum absolute atomic E-state index is 0.0761. The van der Waals surface area contributed by atoms with Gasteiger partial charge in [-0.2, -0.15) is 0 Å². The van der Waals surface area contributed by atoms with Gasteiger partial charge in [0.2, 0.25) is 0 Å². The molecule has 0 fully saturated rings. The molecule has 0 saturated heterocycles. The van der Waals surface area contributed by atoms with Crippen LogP contribution in [0, 0.1) is 5.82 Å². The van der Waals surface area contributed by atoms with Crippen LogP contribution in [0.3, 0.4) is 0 Å². The highest BCUT2D eigenvalue weighted by Crippen LogP contribution is 2.19. The predicted octanol–water partition coefficient (Wildman–Crippen LogP) is 1.43. The van der Waals surface area contributed by atoms with Crippen LogP contribution in [0.25, 0.3) is 0 Å². The molecular weight excluding hydrogens is 277 g/mol. The SMILES string of the molecule is CC(O)(CNC(=O)c1cccc(F)c1Cl)CC(=O)O. The molecule has 1 amide bonds. The summed E-state index contributed by atoms with van der Waals surface area (Å²) in [7, 11) is 0. The van der Waals surface area contributed by atoms with E-state index in [9.17, 15) is 19.1 Å². The fraction of sp³-hybridized carbons (Fsp3) is 0.333. The van der Waals surface area contributed by atoms with Crippen LogP contribution in [0.5, 0.6) is 0 Å². The summed E-state index contributed by atoms with van der Waals surface area (Å²) in [6, 6.07) is 3.76. The lowest BCUT2D eigenvalue weighted by atomic mass is 10.0. The second kappa shape index (κ2) is 5.99. The smallest absolute Gasteiger partial charge is 0.306 e. The highest BCUT2D eigenvalue weighted by molar-refractivity contribution is 6.34. The van der Waals surface area contributed by atoms with E-state index >= 15 is 0 Å². The summed E-state index contributed by atoms with van der Waals surface area (Å²) >= 11 is 5.63. The number of aliphatic hydroxyl groups is 1. The average Bonchev–Trinajstić information content (AvgIpc) is 2.28. The molecule has 0 aliphatic carbocycles. The van der Waals surface area contributed by atoms with Crippen molar-refractivity contribution in [3.63, 3.8) is 0 Å². The van der Waals surface area contributed by atoms with Crippen LogP contribution in [0.1, 0.15) is 23.7 Å². The van der Waals surface area contributed by atoms with Crippen molar-refractivity contribution in [3.05, 3.63) is 34.6 Å². The van der Waals surface area contributed by atoms with Gasteiger partial charge in [0.25, 0.3) is 5.91 Å². The maximum absolute atomic E-state index is 13.1. The summed E-state index contributed by atoms with van der Waals surface area (Å²) in [6.07, 6.45) is -0.524. The summed E-state index contributed by atoms with van der Waals surface area (Å²) in [5.41, 5.74) is -1.67. The first kappa shape index (κ1) is 15.4. The number of hydrogen-bond acceptors (Lipinski definition) is 3. The maximum Gasteiger partial charge on any atom is 0.306 e. The number of carbonyl (C=O) groups excluding carboxylic acids is 1. The molecule has 0 heterocycles. The number of halogens is 2. The van der Waals surface area contributed by atoms with Gasteiger partial charge in [0.05, 0.1) is 22.6 Å². The van der Waals surface area contributed by atoms with E-state index in [4.69, 9.17) is 16.7 Å². The lowest BCUT2D eigenvalue weighted by Gasteiger charge is -2.21. The van der Waals surface area contributed by atoms with Crippen LogP contribution in [0.2, 0.25) is 5.02 Å². The summed E-state index contributed by atoms with van der Waals surface area (Å²) in [6.45, 7) is 0.986. The zero-order chi connectivity index (χ0) is 14.6. The molecule has 0 aliphatic rings. The Balaban J connectivity index is 2.71. The molecule has 1 atom stereocenters. The molecular formula is C12H13ClFNO4. The summed E-state index contributed by atoms with van der Waals surface area (Å²) in [5.74, 6) is -2.61. The zero-order valence-electron chi connectivity index (χ0n) is 10.1. The van der Waals surface area contributed by atoms with Gasteiger partial charge in [-0.15, -0.1) is 0 Å². The molecule has 1 unspecified atom stereocenters. The standard InChI is InChI=1S/C12H13ClFNO4/c1-12(19,5-9(16)17)6-15-11(18)7-3-2-4-8(14)10(7)13/h2-4,19H,5-6H2,1H3,(H,15,18)(H,16,17). The van der Waals surface area contributed by atoms with Gasteiger partial charge < -0.3 is 15.5 Å². The van der Waals surface area contributed by atoms with E-state index in [1.54, 1.807) is 0 Å². The number of carboxylic acid groups (broad SMARTS) is 1. The predicted molar refractivity (Wildman–Crippen MR) is 66.6 cm³/mol. The van der Waals surface area contributed by atoms with Crippen LogP contribution < -0.4 is 5.32 Å². The minimum Gasteiger partial charge on any atom is -0.481 e. The monoisotopic (exact) mass is 289 g/mol. The summed E-state index contributed by atoms with van der Waals surface area (Å²) < 4.78 is 13.1. The third-order valence-electron chi connectivity index (χ3n) is 2.36. The Kier molecular flexibility index (Phi) is 4.85. The van der Waals surface area contributed by atoms with Gasteiger partial charge in [0, 0.05) is 6.54 Å². The largest absolute Gasteiger partial charge is 0.481 e. The third-order valence-corrected chi connectivity index (χ3v) is 2.74. The second-order valence-electron chi connectivity index (χ2n) is 4.35. The van der Waals surface area contributed by atoms with Crippen molar-refractivity contribution in [1.82, 2.24) is 5.32 Å². The molecule has 1 rings (SSSR count). The molecule has 1 aromatic rings. The summed E-state index contributed by atoms with van der Waals surface area (Å²) in [4.78, 5) is 22.2. The van der Waals surface area contributed by atoms with Gasteiger partial charge in [-0.3, -0.25) is 9.59 Å². The quantitative estimate of drug-likeness (QED) is 0.765. The molecule has 0 aromatic heterocycles. The number of nitrogens with one attached hydrogen (secondary N) is 1. The van der Waals surface area contributed by atoms with E-state index in [1.807, 2.05) is 0 Å². The first-order valence-corrected chi connectivity index (χ1v) is 5.77. The van der Waals surface area contributed by atoms with E-state index in [2.05, 4.69) is 5.32 Å². The van der Waals surface area contributed by atoms with Crippen molar-refractivity contribution in [3.8, 4) is 0 Å². The molecule has 7 heteroatoms. The Bertz CT molecular complexity index is 505. The highest BCUT2D eigenvalue weighted by Gasteiger charge is 2.25. The number of hydrogen-bond donors (Lipinski definition) is 3. The van der Waals surface area contributed by atoms with Crippen molar-refractivity contribution in [1.29, 1.82) is 0 Å². The molecule has 5 nitrogen and oxygen atoms in total. The van der Waals surface area contributed by atoms with Crippen LogP contribution >= 0.6 is 11.6 Å². The van der Waals surface area contributed by atoms with E-state index in [0.717, 1.165) is 6.07 Å². The molecule has 0 aliphatic heterocycles. The number of carbonyl (C=O) groups is 2. The normalized spacial score (nSPS) is 13.7. The molecule has 3 N–H and O–H groups in total. The van der Waals surface area contributed by atoms with Crippen molar-refractivity contribution >= 4 is 23.5 Å². The van der Waals surface area contributed by atoms with E-state index in [0.29, 0.717) is 0 Å². The molecule has 0 saturated carbocycles. The Morgan fingerprint density at radius 3 is 2.68 bits per heavy atom. The van der Waals surface area contributed by atoms with Gasteiger partial charge in [-0.1, -0.05) is 17.7 Å². The number of amides is 1. The molecule has 0 spiro atoms. The Morgan fingerprint density at radius 2 is 2.11 bits per heavy atom. The number of carboxylic acids is 1. The topological polar surface area (TPSA) is 86.6 Å². The zero-order valence-corrected chi connectivity index (χ0v) is 10.9. The van der Waals surface area contributed by atoms with Crippen LogP contribution in [-0.4, -0.2) is 34.2 Å². The van der Waals surface area contributed by atoms with Crippen molar-refractivity contribution in [2.24, 2.45) is 0 Å². The van der Waals surface area contributed by atoms with E-state index in [1.165, 1.54) is 19.1 Å². The molecule has 1 aromatic carbocycles. The maximum atomic E-state index is 13.1. The van der Waals surface area contributed by atoms with Gasteiger partial charge >= 0.3 is 5.97 Å². The van der Waals surface area contributed by atoms with Gasteiger partial charge in [-0.25, -0.2) is 4.39 Å². The first-order chi connectivity index (χ1) is 8.73. The Labute approximate surface area is 114 Å². The Hall–Kier alpha value is -1.66. The van der Waals surface area contributed by atoms with E-state index in [-0.39, 0.29) is 17.1 Å². The van der Waals surface area contributed by atoms with Gasteiger partial charge in [0.1, 0.15) is 5.82 Å². The van der Waals surface area contributed by atoms with Crippen LogP contribution in [-0.2, 0) is 4.79 Å². The van der Waals surface area contributed by atoms with Crippen molar-refractivity contribution < 1.29 is 24.2 Å². The lowest BCUT2D eigenvalue weighted by Crippen LogP contribution is -2.42. The average molecular weight is 290 g/mol. The first-order valence-electron chi connectivity index (χ1n) is 5.39. The molecule has 104 valence electrons. The summed E-state index contributed by atoms with van der Waals surface area (Å²) in [5, 5.41) is 20.3. The second-order valence-corrected chi connectivity index (χ2v) is 4.73. The lowest BCUT2D eigenvalue weighted by molar-refractivity contribution is -0.141. The van der Waals surface area contributed by atoms with Gasteiger partial charge in [-0.05, 0) is 19.1 Å². The number of benzene rings is 1. The van der Waals surface area contributed by atoms with Gasteiger partial charge in [0.15, 0.2) is 0 Å². The van der Waals surface area contributed by atoms with Crippen LogP contribution in [0.4, 0.5) is 4.39 Å². The van der Waals surface area contributed by atoms with Crippen molar-refractivity contribution in [2.45, 2.75) is 18.9 Å². The number of aliphatic carboxylic acids is 1. The van der Waals surface area contributed by atoms with E-state index < -0.39 is 29.7 Å². The molecule has 0 bridgehead atoms. The minimum atomic E-state index is -1.60. The third kappa shape index (κ3) is 4.50. The Morgan fingerprint density at radius 1 is 1.47 bits per heavy atom. The fourth-order valence-electron chi connectivity index (χ4n) is 1.43. The van der Waals surface area contributed by atoms with Crippen LogP contribution in [0.15, 0.2) is 18.2 Å². The molecule has 0 radical (unpaired) electrons.